The number of Topliss-reactive ketones (excluding diaryl/α,β-unsaturated/α-hetero) is 1. The zero-order valence-corrected chi connectivity index (χ0v) is 20.0. The summed E-state index contributed by atoms with van der Waals surface area (Å²) < 4.78 is 10.7. The summed E-state index contributed by atoms with van der Waals surface area (Å²) in [5.74, 6) is -3.80. The largest absolute Gasteiger partial charge is 0.489 e. The van der Waals surface area contributed by atoms with E-state index in [0.29, 0.717) is 37.2 Å². The fraction of sp³-hybridized carbons (Fsp3) is 0.444. The van der Waals surface area contributed by atoms with Crippen LogP contribution >= 0.6 is 0 Å². The monoisotopic (exact) mass is 499 g/mol. The first-order valence-corrected chi connectivity index (χ1v) is 12.1. The van der Waals surface area contributed by atoms with Crippen LogP contribution in [0.2, 0.25) is 0 Å². The molecule has 9 heteroatoms. The summed E-state index contributed by atoms with van der Waals surface area (Å²) >= 11 is 0. The molecule has 0 bridgehead atoms. The maximum absolute atomic E-state index is 13.0. The first-order valence-electron chi connectivity index (χ1n) is 12.1. The number of nitrogens with two attached hydrogens (primary N) is 1. The summed E-state index contributed by atoms with van der Waals surface area (Å²) in [4.78, 5) is 35.7. The number of carboxylic acid groups (broad SMARTS) is 1. The lowest BCUT2D eigenvalue weighted by Gasteiger charge is -2.30. The minimum absolute atomic E-state index is 0.103. The molecule has 0 heterocycles. The smallest absolute Gasteiger partial charge is 0.418 e. The van der Waals surface area contributed by atoms with E-state index < -0.39 is 48.0 Å². The second-order valence-electron chi connectivity index (χ2n) is 9.15. The number of benzene rings is 2. The van der Waals surface area contributed by atoms with Crippen molar-refractivity contribution in [3.05, 3.63) is 65.7 Å². The third kappa shape index (κ3) is 7.87. The van der Waals surface area contributed by atoms with Gasteiger partial charge in [-0.15, -0.1) is 0 Å². The normalized spacial score (nSPS) is 20.1. The molecule has 2 aromatic carbocycles. The number of ketones is 1. The number of esters is 1. The van der Waals surface area contributed by atoms with Crippen LogP contribution in [0, 0.1) is 5.92 Å². The molecule has 5 unspecified atom stereocenters. The van der Waals surface area contributed by atoms with Gasteiger partial charge in [0.25, 0.3) is 0 Å². The Labute approximate surface area is 209 Å². The Hall–Kier alpha value is -3.27. The van der Waals surface area contributed by atoms with Crippen molar-refractivity contribution in [1.82, 2.24) is 0 Å². The van der Waals surface area contributed by atoms with Crippen LogP contribution in [-0.4, -0.2) is 51.3 Å². The van der Waals surface area contributed by atoms with Gasteiger partial charge in [0, 0.05) is 12.0 Å². The van der Waals surface area contributed by atoms with Crippen molar-refractivity contribution in [2.24, 2.45) is 11.7 Å². The van der Waals surface area contributed by atoms with Crippen LogP contribution in [0.15, 0.2) is 54.6 Å². The molecule has 0 spiro atoms. The number of aliphatic hydroxyl groups excluding tert-OH is 2. The van der Waals surface area contributed by atoms with Gasteiger partial charge in [0.05, 0.1) is 12.2 Å². The van der Waals surface area contributed by atoms with Crippen LogP contribution in [0.4, 0.5) is 0 Å². The van der Waals surface area contributed by atoms with E-state index in [-0.39, 0.29) is 19.3 Å². The summed E-state index contributed by atoms with van der Waals surface area (Å²) in [5.41, 5.74) is 7.82. The van der Waals surface area contributed by atoms with Crippen LogP contribution in [0.1, 0.15) is 55.8 Å². The van der Waals surface area contributed by atoms with E-state index in [2.05, 4.69) is 0 Å². The van der Waals surface area contributed by atoms with Gasteiger partial charge >= 0.3 is 11.9 Å². The molecule has 0 aliphatic heterocycles. The molecular weight excluding hydrogens is 466 g/mol. The summed E-state index contributed by atoms with van der Waals surface area (Å²) in [7, 11) is 0. The zero-order chi connectivity index (χ0) is 26.1. The Morgan fingerprint density at radius 3 is 2.33 bits per heavy atom. The van der Waals surface area contributed by atoms with Gasteiger partial charge in [0.1, 0.15) is 12.4 Å². The highest BCUT2D eigenvalue weighted by molar-refractivity contribution is 6.29. The Morgan fingerprint density at radius 2 is 1.69 bits per heavy atom. The lowest BCUT2D eigenvalue weighted by atomic mass is 9.81. The quantitative estimate of drug-likeness (QED) is 0.269. The van der Waals surface area contributed by atoms with Crippen molar-refractivity contribution in [1.29, 1.82) is 0 Å². The first kappa shape index (κ1) is 27.3. The summed E-state index contributed by atoms with van der Waals surface area (Å²) in [5, 5.41) is 29.5. The number of carbonyl (C=O) groups is 3. The fourth-order valence-corrected chi connectivity index (χ4v) is 4.37. The molecule has 5 atom stereocenters. The molecule has 1 aliphatic rings. The maximum atomic E-state index is 13.0. The zero-order valence-electron chi connectivity index (χ0n) is 20.0. The van der Waals surface area contributed by atoms with Crippen LogP contribution in [0.3, 0.4) is 0 Å². The van der Waals surface area contributed by atoms with Gasteiger partial charge in [-0.1, -0.05) is 48.9 Å². The van der Waals surface area contributed by atoms with E-state index >= 15 is 0 Å². The predicted octanol–water partition coefficient (Wildman–Crippen LogP) is 2.52. The molecule has 194 valence electrons. The average molecular weight is 500 g/mol. The maximum Gasteiger partial charge on any atom is 0.418 e. The van der Waals surface area contributed by atoms with Crippen LogP contribution < -0.4 is 10.5 Å². The number of rotatable bonds is 11. The molecule has 0 amide bonds. The number of hydrogen-bond acceptors (Lipinski definition) is 8. The van der Waals surface area contributed by atoms with Gasteiger partial charge in [-0.3, -0.25) is 4.79 Å². The number of aliphatic hydroxyl groups is 2. The third-order valence-electron chi connectivity index (χ3n) is 6.41. The third-order valence-corrected chi connectivity index (χ3v) is 6.41. The van der Waals surface area contributed by atoms with E-state index in [1.165, 1.54) is 0 Å². The Kier molecular flexibility index (Phi) is 9.98. The van der Waals surface area contributed by atoms with E-state index in [9.17, 15) is 24.6 Å². The number of ether oxygens (including phenoxy) is 2. The van der Waals surface area contributed by atoms with Gasteiger partial charge in [0.15, 0.2) is 11.9 Å². The van der Waals surface area contributed by atoms with Crippen molar-refractivity contribution in [2.75, 3.05) is 0 Å². The van der Waals surface area contributed by atoms with Crippen LogP contribution in [0.5, 0.6) is 5.75 Å². The standard InChI is InChI=1S/C27H33NO8/c28-22(25(36-27(34)26(32)33)24(31)19-7-4-8-20(29)15-19)13-14-23(30)18-9-11-21(12-10-18)35-16-17-5-2-1-3-6-17/h1-3,5-6,9-12,19-20,22-23,25,29-30H,4,7-8,13-16,28H2,(H,32,33). The Balaban J connectivity index is 1.57. The first-order chi connectivity index (χ1) is 17.2. The molecule has 0 saturated heterocycles. The van der Waals surface area contributed by atoms with E-state index in [1.807, 2.05) is 30.3 Å². The molecule has 0 radical (unpaired) electrons. The van der Waals surface area contributed by atoms with Gasteiger partial charge in [0.2, 0.25) is 0 Å². The summed E-state index contributed by atoms with van der Waals surface area (Å²) in [6.45, 7) is 0.417. The molecule has 36 heavy (non-hydrogen) atoms. The Morgan fingerprint density at radius 1 is 1.00 bits per heavy atom. The van der Waals surface area contributed by atoms with E-state index in [4.69, 9.17) is 20.3 Å². The minimum Gasteiger partial charge on any atom is -0.489 e. The number of carbonyl (C=O) groups excluding carboxylic acids is 2. The van der Waals surface area contributed by atoms with Crippen molar-refractivity contribution in [2.45, 2.75) is 69.5 Å². The lowest BCUT2D eigenvalue weighted by Crippen LogP contribution is -2.48. The number of aliphatic carboxylic acids is 1. The molecule has 1 fully saturated rings. The van der Waals surface area contributed by atoms with E-state index in [0.717, 1.165) is 5.56 Å². The SMILES string of the molecule is NC(CCC(O)c1ccc(OCc2ccccc2)cc1)C(OC(=O)C(=O)O)C(=O)C1CCCC(O)C1. The second-order valence-corrected chi connectivity index (χ2v) is 9.15. The minimum atomic E-state index is -1.82. The van der Waals surface area contributed by atoms with Crippen molar-refractivity contribution >= 4 is 17.7 Å². The van der Waals surface area contributed by atoms with Crippen molar-refractivity contribution < 1.29 is 39.2 Å². The second kappa shape index (κ2) is 13.2. The summed E-state index contributed by atoms with van der Waals surface area (Å²) in [6, 6.07) is 15.7. The van der Waals surface area contributed by atoms with Gasteiger partial charge in [-0.2, -0.15) is 0 Å². The molecule has 5 N–H and O–H groups in total. The fourth-order valence-electron chi connectivity index (χ4n) is 4.37. The lowest BCUT2D eigenvalue weighted by molar-refractivity contribution is -0.171. The molecular formula is C27H33NO8. The van der Waals surface area contributed by atoms with Crippen molar-refractivity contribution in [3.63, 3.8) is 0 Å². The molecule has 2 aromatic rings. The highest BCUT2D eigenvalue weighted by Gasteiger charge is 2.37. The highest BCUT2D eigenvalue weighted by atomic mass is 16.6. The van der Waals surface area contributed by atoms with Gasteiger partial charge < -0.3 is 30.5 Å². The van der Waals surface area contributed by atoms with Gasteiger partial charge in [-0.05, 0) is 55.4 Å². The molecule has 1 aliphatic carbocycles. The average Bonchev–Trinajstić information content (AvgIpc) is 2.89. The number of hydrogen-bond donors (Lipinski definition) is 4. The molecule has 1 saturated carbocycles. The van der Waals surface area contributed by atoms with E-state index in [1.54, 1.807) is 24.3 Å². The molecule has 9 nitrogen and oxygen atoms in total. The van der Waals surface area contributed by atoms with Gasteiger partial charge in [-0.25, -0.2) is 9.59 Å². The van der Waals surface area contributed by atoms with Crippen LogP contribution in [-0.2, 0) is 25.7 Å². The summed E-state index contributed by atoms with van der Waals surface area (Å²) in [6.07, 6.45) is -0.806. The van der Waals surface area contributed by atoms with Crippen LogP contribution in [0.25, 0.3) is 0 Å². The predicted molar refractivity (Wildman–Crippen MR) is 130 cm³/mol. The molecule has 0 aromatic heterocycles. The molecule has 3 rings (SSSR count). The van der Waals surface area contributed by atoms with Crippen molar-refractivity contribution in [3.8, 4) is 5.75 Å². The highest BCUT2D eigenvalue weighted by Crippen LogP contribution is 2.28. The Bertz CT molecular complexity index is 1010. The topological polar surface area (TPSA) is 156 Å². The number of carboxylic acids is 1.